The van der Waals surface area contributed by atoms with E-state index < -0.39 is 35.5 Å². The van der Waals surface area contributed by atoms with E-state index in [2.05, 4.69) is 15.5 Å². The quantitative estimate of drug-likeness (QED) is 0.526. The largest absolute Gasteiger partial charge is 0.442 e. The third-order valence-corrected chi connectivity index (χ3v) is 5.71. The molecule has 1 aliphatic carbocycles. The van der Waals surface area contributed by atoms with Crippen molar-refractivity contribution in [1.82, 2.24) is 5.32 Å². The van der Waals surface area contributed by atoms with Gasteiger partial charge in [-0.2, -0.15) is 26.3 Å². The van der Waals surface area contributed by atoms with Crippen molar-refractivity contribution in [3.8, 4) is 0 Å². The van der Waals surface area contributed by atoms with Gasteiger partial charge >= 0.3 is 18.0 Å². The van der Waals surface area contributed by atoms with Crippen LogP contribution in [0.1, 0.15) is 49.7 Å². The number of nitrogens with zero attached hydrogens (tertiary/aromatic N) is 2. The van der Waals surface area contributed by atoms with Gasteiger partial charge in [0.15, 0.2) is 0 Å². The number of nitrogens with one attached hydrogen (secondary N) is 1. The molecule has 1 heterocycles. The SMILES string of the molecule is NC(Cc1ccc(C2(C(F)(F)F)N=N2)cc1)C(=O)NC1(C(F)(F)F)CCCCCC1. The van der Waals surface area contributed by atoms with Crippen LogP contribution in [0.15, 0.2) is 34.5 Å². The zero-order chi connectivity index (χ0) is 22.2. The lowest BCUT2D eigenvalue weighted by atomic mass is 9.88. The highest BCUT2D eigenvalue weighted by molar-refractivity contribution is 5.82. The van der Waals surface area contributed by atoms with Crippen LogP contribution in [0.5, 0.6) is 0 Å². The molecule has 2 aliphatic rings. The van der Waals surface area contributed by atoms with Gasteiger partial charge in [-0.1, -0.05) is 49.9 Å². The van der Waals surface area contributed by atoms with E-state index in [0.717, 1.165) is 0 Å². The standard InChI is InChI=1S/C19H22F6N4O/c20-18(21,22)16(9-3-1-2-4-10-16)27-15(30)14(26)11-12-5-7-13(8-6-12)17(28-29-17)19(23,24)25/h5-8,14H,1-4,9-11,26H2,(H,27,30). The van der Waals surface area contributed by atoms with Gasteiger partial charge in [0, 0.05) is 5.56 Å². The molecule has 1 unspecified atom stereocenters. The smallest absolute Gasteiger partial charge is 0.341 e. The molecule has 1 fully saturated rings. The molecule has 3 N–H and O–H groups in total. The van der Waals surface area contributed by atoms with Crippen molar-refractivity contribution in [2.45, 2.75) is 74.5 Å². The lowest BCUT2D eigenvalue weighted by Gasteiger charge is -2.36. The number of amides is 1. The number of halogens is 6. The molecule has 30 heavy (non-hydrogen) atoms. The van der Waals surface area contributed by atoms with Crippen LogP contribution in [0.4, 0.5) is 26.3 Å². The van der Waals surface area contributed by atoms with Crippen molar-refractivity contribution in [2.24, 2.45) is 16.0 Å². The van der Waals surface area contributed by atoms with E-state index in [1.165, 1.54) is 24.3 Å². The molecule has 3 rings (SSSR count). The summed E-state index contributed by atoms with van der Waals surface area (Å²) in [4.78, 5) is 12.4. The van der Waals surface area contributed by atoms with Crippen molar-refractivity contribution in [3.05, 3.63) is 35.4 Å². The van der Waals surface area contributed by atoms with Gasteiger partial charge < -0.3 is 11.1 Å². The molecule has 0 bridgehead atoms. The molecule has 1 aromatic carbocycles. The Morgan fingerprint density at radius 2 is 1.50 bits per heavy atom. The lowest BCUT2D eigenvalue weighted by molar-refractivity contribution is -0.202. The van der Waals surface area contributed by atoms with Gasteiger partial charge in [0.05, 0.1) is 6.04 Å². The summed E-state index contributed by atoms with van der Waals surface area (Å²) in [5, 5.41) is 8.33. The fraction of sp³-hybridized carbons (Fsp3) is 0.632. The highest BCUT2D eigenvalue weighted by Gasteiger charge is 2.65. The van der Waals surface area contributed by atoms with Crippen molar-refractivity contribution in [1.29, 1.82) is 0 Å². The Morgan fingerprint density at radius 3 is 1.93 bits per heavy atom. The minimum Gasteiger partial charge on any atom is -0.341 e. The summed E-state index contributed by atoms with van der Waals surface area (Å²) in [6.07, 6.45) is -7.72. The third-order valence-electron chi connectivity index (χ3n) is 5.71. The van der Waals surface area contributed by atoms with Gasteiger partial charge in [0.1, 0.15) is 5.54 Å². The molecule has 0 aromatic heterocycles. The summed E-state index contributed by atoms with van der Waals surface area (Å²) in [5.74, 6) is -0.933. The van der Waals surface area contributed by atoms with Crippen LogP contribution in [-0.2, 0) is 16.9 Å². The number of carbonyl (C=O) groups excluding carboxylic acids is 1. The van der Waals surface area contributed by atoms with Crippen LogP contribution >= 0.6 is 0 Å². The second-order valence-electron chi connectivity index (χ2n) is 7.86. The Balaban J connectivity index is 1.66. The van der Waals surface area contributed by atoms with Crippen LogP contribution in [0.25, 0.3) is 0 Å². The van der Waals surface area contributed by atoms with Gasteiger partial charge in [0.2, 0.25) is 5.91 Å². The average molecular weight is 436 g/mol. The van der Waals surface area contributed by atoms with Crippen LogP contribution in [0.2, 0.25) is 0 Å². The number of hydrogen-bond donors (Lipinski definition) is 2. The first-order valence-electron chi connectivity index (χ1n) is 9.65. The van der Waals surface area contributed by atoms with Crippen molar-refractivity contribution < 1.29 is 31.1 Å². The van der Waals surface area contributed by atoms with E-state index in [-0.39, 0.29) is 24.8 Å². The van der Waals surface area contributed by atoms with E-state index in [1.54, 1.807) is 0 Å². The second kappa shape index (κ2) is 7.82. The molecule has 0 saturated heterocycles. The van der Waals surface area contributed by atoms with E-state index >= 15 is 0 Å². The molecule has 1 amide bonds. The van der Waals surface area contributed by atoms with Crippen LogP contribution < -0.4 is 11.1 Å². The topological polar surface area (TPSA) is 79.8 Å². The van der Waals surface area contributed by atoms with Gasteiger partial charge in [0.25, 0.3) is 0 Å². The Kier molecular flexibility index (Phi) is 5.87. The summed E-state index contributed by atoms with van der Waals surface area (Å²) in [6, 6.07) is 3.76. The number of carbonyl (C=O) groups is 1. The lowest BCUT2D eigenvalue weighted by Crippen LogP contribution is -2.61. The molecular weight excluding hydrogens is 414 g/mol. The number of alkyl halides is 6. The normalized spacial score (nSPS) is 21.6. The summed E-state index contributed by atoms with van der Waals surface area (Å²) < 4.78 is 80.3. The van der Waals surface area contributed by atoms with Crippen LogP contribution in [-0.4, -0.2) is 29.8 Å². The van der Waals surface area contributed by atoms with Gasteiger partial charge in [-0.05, 0) is 24.8 Å². The Morgan fingerprint density at radius 1 is 0.967 bits per heavy atom. The summed E-state index contributed by atoms with van der Waals surface area (Å²) in [5.41, 5.74) is 1.21. The molecule has 5 nitrogen and oxygen atoms in total. The van der Waals surface area contributed by atoms with E-state index in [1.807, 2.05) is 0 Å². The minimum absolute atomic E-state index is 0.118. The predicted molar refractivity (Wildman–Crippen MR) is 95.3 cm³/mol. The molecule has 1 saturated carbocycles. The zero-order valence-corrected chi connectivity index (χ0v) is 16.0. The molecule has 1 atom stereocenters. The summed E-state index contributed by atoms with van der Waals surface area (Å²) in [6.45, 7) is 0. The van der Waals surface area contributed by atoms with E-state index in [9.17, 15) is 31.1 Å². The zero-order valence-electron chi connectivity index (χ0n) is 16.0. The monoisotopic (exact) mass is 436 g/mol. The van der Waals surface area contributed by atoms with Crippen LogP contribution in [0, 0.1) is 0 Å². The highest BCUT2D eigenvalue weighted by Crippen LogP contribution is 2.52. The minimum atomic E-state index is -4.66. The predicted octanol–water partition coefficient (Wildman–Crippen LogP) is 4.51. The molecular formula is C19H22F6N4O. The van der Waals surface area contributed by atoms with Gasteiger partial charge in [-0.3, -0.25) is 4.79 Å². The Bertz CT molecular complexity index is 789. The molecule has 0 radical (unpaired) electrons. The fourth-order valence-electron chi connectivity index (χ4n) is 3.80. The molecule has 1 aliphatic heterocycles. The Hall–Kier alpha value is -2.17. The number of benzene rings is 1. The third kappa shape index (κ3) is 4.30. The second-order valence-corrected chi connectivity index (χ2v) is 7.86. The first-order valence-corrected chi connectivity index (χ1v) is 9.65. The van der Waals surface area contributed by atoms with E-state index in [0.29, 0.717) is 31.2 Å². The maximum Gasteiger partial charge on any atom is 0.442 e. The first-order chi connectivity index (χ1) is 13.9. The number of nitrogens with two attached hydrogens (primary N) is 1. The number of rotatable bonds is 5. The molecule has 166 valence electrons. The first kappa shape index (κ1) is 22.5. The summed E-state index contributed by atoms with van der Waals surface area (Å²) >= 11 is 0. The maximum absolute atomic E-state index is 13.7. The number of hydrogen-bond acceptors (Lipinski definition) is 4. The molecule has 0 spiro atoms. The average Bonchev–Trinajstić information content (AvgIpc) is 3.46. The highest BCUT2D eigenvalue weighted by atomic mass is 19.4. The van der Waals surface area contributed by atoms with Crippen molar-refractivity contribution >= 4 is 5.91 Å². The summed E-state index contributed by atoms with van der Waals surface area (Å²) in [7, 11) is 0. The van der Waals surface area contributed by atoms with Gasteiger partial charge in [-0.15, -0.1) is 10.2 Å². The molecule has 11 heteroatoms. The fourth-order valence-corrected chi connectivity index (χ4v) is 3.80. The molecule has 1 aromatic rings. The van der Waals surface area contributed by atoms with E-state index in [4.69, 9.17) is 5.73 Å². The maximum atomic E-state index is 13.7. The van der Waals surface area contributed by atoms with Crippen molar-refractivity contribution in [3.63, 3.8) is 0 Å². The Labute approximate surface area is 169 Å². The van der Waals surface area contributed by atoms with Gasteiger partial charge in [-0.25, -0.2) is 0 Å². The van der Waals surface area contributed by atoms with Crippen molar-refractivity contribution in [2.75, 3.05) is 0 Å². The van der Waals surface area contributed by atoms with Crippen LogP contribution in [0.3, 0.4) is 0 Å².